The molecule has 7 nitrogen and oxygen atoms in total. The number of aromatic hydroxyl groups is 1. The van der Waals surface area contributed by atoms with E-state index in [1.165, 1.54) is 17.4 Å². The van der Waals surface area contributed by atoms with Crippen molar-refractivity contribution in [3.8, 4) is 17.6 Å². The fourth-order valence-electron chi connectivity index (χ4n) is 2.59. The minimum absolute atomic E-state index is 0.00109. The number of nitrogens with one attached hydrogen (secondary N) is 1. The Labute approximate surface area is 192 Å². The monoisotopic (exact) mass is 540 g/mol. The first-order chi connectivity index (χ1) is 14.2. The van der Waals surface area contributed by atoms with Gasteiger partial charge in [0, 0.05) is 4.88 Å². The van der Waals surface area contributed by atoms with Crippen molar-refractivity contribution in [3.05, 3.63) is 42.8 Å². The van der Waals surface area contributed by atoms with Crippen LogP contribution in [0.2, 0.25) is 0 Å². The normalized spacial score (nSPS) is 11.0. The number of benzene rings is 1. The molecule has 1 amide bonds. The smallest absolute Gasteiger partial charge is 0.341 e. The predicted molar refractivity (Wildman–Crippen MR) is 124 cm³/mol. The zero-order valence-electron chi connectivity index (χ0n) is 17.0. The molecule has 9 heteroatoms. The zero-order valence-corrected chi connectivity index (χ0v) is 19.9. The number of hydrogen-bond donors (Lipinski definition) is 2. The summed E-state index contributed by atoms with van der Waals surface area (Å²) in [6, 6.07) is 5.07. The molecule has 30 heavy (non-hydrogen) atoms. The van der Waals surface area contributed by atoms with Crippen molar-refractivity contribution in [1.82, 2.24) is 0 Å². The molecule has 0 saturated heterocycles. The summed E-state index contributed by atoms with van der Waals surface area (Å²) in [5.74, 6) is -0.902. The molecule has 1 heterocycles. The number of phenolic OH excluding ortho intramolecular Hbond substituents is 1. The van der Waals surface area contributed by atoms with Crippen molar-refractivity contribution in [1.29, 1.82) is 5.26 Å². The second kappa shape index (κ2) is 10.4. The minimum Gasteiger partial charge on any atom is -0.504 e. The number of halogens is 1. The van der Waals surface area contributed by atoms with Crippen LogP contribution in [-0.4, -0.2) is 30.2 Å². The first-order valence-corrected chi connectivity index (χ1v) is 11.0. The lowest BCUT2D eigenvalue weighted by atomic mass is 10.1. The van der Waals surface area contributed by atoms with E-state index in [1.54, 1.807) is 32.9 Å². The van der Waals surface area contributed by atoms with Gasteiger partial charge in [0.15, 0.2) is 11.5 Å². The van der Waals surface area contributed by atoms with Crippen molar-refractivity contribution in [2.24, 2.45) is 0 Å². The van der Waals surface area contributed by atoms with E-state index in [0.29, 0.717) is 26.3 Å². The van der Waals surface area contributed by atoms with Gasteiger partial charge in [-0.05, 0) is 79.6 Å². The van der Waals surface area contributed by atoms with Gasteiger partial charge in [-0.2, -0.15) is 5.26 Å². The van der Waals surface area contributed by atoms with Crippen molar-refractivity contribution < 1.29 is 24.2 Å². The van der Waals surface area contributed by atoms with Crippen LogP contribution in [0.3, 0.4) is 0 Å². The van der Waals surface area contributed by atoms with Crippen LogP contribution >= 0.6 is 33.9 Å². The summed E-state index contributed by atoms with van der Waals surface area (Å²) >= 11 is 3.19. The zero-order chi connectivity index (χ0) is 22.4. The number of carbonyl (C=O) groups is 2. The standard InChI is InChI=1S/C21H21IN2O5S/c1-5-28-16-9-13(8-15(22)18(16)25)7-14(10-23)19(26)24-20-17(21(27)29-6-2)11(3)12(4)30-20/h7-9,25H,5-6H2,1-4H3,(H,24,26)/b14-7+. The highest BCUT2D eigenvalue weighted by molar-refractivity contribution is 14.1. The number of amides is 1. The maximum absolute atomic E-state index is 12.7. The lowest BCUT2D eigenvalue weighted by molar-refractivity contribution is -0.112. The Kier molecular flexibility index (Phi) is 8.25. The molecule has 1 aromatic heterocycles. The maximum atomic E-state index is 12.7. The van der Waals surface area contributed by atoms with Gasteiger partial charge in [-0.1, -0.05) is 0 Å². The number of phenols is 1. The van der Waals surface area contributed by atoms with E-state index in [2.05, 4.69) is 5.32 Å². The second-order valence-corrected chi connectivity index (χ2v) is 8.50. The molecule has 1 aromatic carbocycles. The quantitative estimate of drug-likeness (QED) is 0.226. The summed E-state index contributed by atoms with van der Waals surface area (Å²) in [6.45, 7) is 7.68. The number of thiophene rings is 1. The molecule has 0 bridgehead atoms. The second-order valence-electron chi connectivity index (χ2n) is 6.11. The molecule has 0 atom stereocenters. The largest absolute Gasteiger partial charge is 0.504 e. The van der Waals surface area contributed by atoms with Crippen LogP contribution in [0.4, 0.5) is 5.00 Å². The van der Waals surface area contributed by atoms with E-state index in [4.69, 9.17) is 9.47 Å². The van der Waals surface area contributed by atoms with E-state index in [1.807, 2.05) is 35.6 Å². The number of nitrogens with zero attached hydrogens (tertiary/aromatic N) is 1. The molecule has 0 aliphatic heterocycles. The van der Waals surface area contributed by atoms with Crippen molar-refractivity contribution in [2.75, 3.05) is 18.5 Å². The highest BCUT2D eigenvalue weighted by Gasteiger charge is 2.23. The van der Waals surface area contributed by atoms with Crippen LogP contribution in [0, 0.1) is 28.7 Å². The Morgan fingerprint density at radius 1 is 1.30 bits per heavy atom. The molecule has 2 N–H and O–H groups in total. The Morgan fingerprint density at radius 2 is 2.00 bits per heavy atom. The van der Waals surface area contributed by atoms with Crippen LogP contribution in [0.15, 0.2) is 17.7 Å². The van der Waals surface area contributed by atoms with Crippen LogP contribution < -0.4 is 10.1 Å². The molecule has 0 spiro atoms. The number of rotatable bonds is 7. The summed E-state index contributed by atoms with van der Waals surface area (Å²) in [6.07, 6.45) is 1.40. The first kappa shape index (κ1) is 23.7. The Bertz CT molecular complexity index is 1050. The van der Waals surface area contributed by atoms with E-state index in [-0.39, 0.29) is 23.7 Å². The van der Waals surface area contributed by atoms with Gasteiger partial charge in [0.05, 0.1) is 22.3 Å². The Hall–Kier alpha value is -2.58. The number of anilines is 1. The van der Waals surface area contributed by atoms with Crippen LogP contribution in [0.5, 0.6) is 11.5 Å². The average Bonchev–Trinajstić information content (AvgIpc) is 2.97. The Balaban J connectivity index is 2.38. The third-order valence-electron chi connectivity index (χ3n) is 4.12. The molecule has 0 saturated carbocycles. The molecule has 0 radical (unpaired) electrons. The van der Waals surface area contributed by atoms with Gasteiger partial charge in [0.1, 0.15) is 16.6 Å². The van der Waals surface area contributed by atoms with Crippen molar-refractivity contribution in [3.63, 3.8) is 0 Å². The Morgan fingerprint density at radius 3 is 2.60 bits per heavy atom. The molecule has 2 aromatic rings. The number of hydrogen-bond acceptors (Lipinski definition) is 7. The minimum atomic E-state index is -0.648. The summed E-state index contributed by atoms with van der Waals surface area (Å²) in [4.78, 5) is 25.9. The molecule has 0 fully saturated rings. The van der Waals surface area contributed by atoms with Crippen molar-refractivity contribution >= 4 is 56.9 Å². The summed E-state index contributed by atoms with van der Waals surface area (Å²) in [5.41, 5.74) is 1.39. The number of esters is 1. The third-order valence-corrected chi connectivity index (χ3v) is 6.06. The third kappa shape index (κ3) is 5.31. The lowest BCUT2D eigenvalue weighted by Crippen LogP contribution is -2.16. The average molecular weight is 540 g/mol. The number of nitriles is 1. The van der Waals surface area contributed by atoms with Crippen LogP contribution in [0.1, 0.15) is 40.2 Å². The molecular formula is C21H21IN2O5S. The lowest BCUT2D eigenvalue weighted by Gasteiger charge is -2.09. The molecular weight excluding hydrogens is 519 g/mol. The summed E-state index contributed by atoms with van der Waals surface area (Å²) in [7, 11) is 0. The number of aryl methyl sites for hydroxylation is 1. The first-order valence-electron chi connectivity index (χ1n) is 9.08. The van der Waals surface area contributed by atoms with Crippen LogP contribution in [0.25, 0.3) is 6.08 Å². The van der Waals surface area contributed by atoms with Gasteiger partial charge in [-0.25, -0.2) is 4.79 Å². The number of carbonyl (C=O) groups excluding carboxylic acids is 2. The highest BCUT2D eigenvalue weighted by Crippen LogP contribution is 2.35. The van der Waals surface area contributed by atoms with Gasteiger partial charge in [-0.3, -0.25) is 4.79 Å². The topological polar surface area (TPSA) is 109 Å². The van der Waals surface area contributed by atoms with Crippen molar-refractivity contribution in [2.45, 2.75) is 27.7 Å². The molecule has 2 rings (SSSR count). The molecule has 0 aliphatic rings. The SMILES string of the molecule is CCOC(=O)c1c(NC(=O)/C(C#N)=C/c2cc(I)c(O)c(OCC)c2)sc(C)c1C. The summed E-state index contributed by atoms with van der Waals surface area (Å²) in [5, 5.41) is 22.6. The van der Waals surface area contributed by atoms with E-state index < -0.39 is 11.9 Å². The fourth-order valence-corrected chi connectivity index (χ4v) is 4.26. The molecule has 0 unspecified atom stereocenters. The maximum Gasteiger partial charge on any atom is 0.341 e. The van der Waals surface area contributed by atoms with Gasteiger partial charge in [0.25, 0.3) is 5.91 Å². The fraction of sp³-hybridized carbons (Fsp3) is 0.286. The van der Waals surface area contributed by atoms with Crippen LogP contribution in [-0.2, 0) is 9.53 Å². The van der Waals surface area contributed by atoms with Gasteiger partial charge < -0.3 is 19.9 Å². The van der Waals surface area contributed by atoms with E-state index in [0.717, 1.165) is 10.4 Å². The van der Waals surface area contributed by atoms with Gasteiger partial charge >= 0.3 is 5.97 Å². The molecule has 158 valence electrons. The van der Waals surface area contributed by atoms with Gasteiger partial charge in [-0.15, -0.1) is 11.3 Å². The predicted octanol–water partition coefficient (Wildman–Crippen LogP) is 4.80. The van der Waals surface area contributed by atoms with E-state index in [9.17, 15) is 20.0 Å². The van der Waals surface area contributed by atoms with E-state index >= 15 is 0 Å². The van der Waals surface area contributed by atoms with Gasteiger partial charge in [0.2, 0.25) is 0 Å². The molecule has 0 aliphatic carbocycles. The summed E-state index contributed by atoms with van der Waals surface area (Å²) < 4.78 is 11.0. The highest BCUT2D eigenvalue weighted by atomic mass is 127. The number of ether oxygens (including phenoxy) is 2.